The summed E-state index contributed by atoms with van der Waals surface area (Å²) in [4.78, 5) is 26.1. The number of rotatable bonds is 2. The molecule has 1 aliphatic rings. The van der Waals surface area contributed by atoms with E-state index in [0.717, 1.165) is 10.5 Å². The molecule has 110 valence electrons. The molecule has 0 aromatic heterocycles. The standard InChI is InChI=1S/C17H11Cl2NO2/c1-10-6-8-11(9-7-10)14-15(19)17(22)20(16(14)21)13-5-3-2-4-12(13)18/h2-9H,1H3. The lowest BCUT2D eigenvalue weighted by Gasteiger charge is -2.16. The number of para-hydroxylation sites is 1. The smallest absolute Gasteiger partial charge is 0.268 e. The fourth-order valence-electron chi connectivity index (χ4n) is 2.33. The Kier molecular flexibility index (Phi) is 3.77. The van der Waals surface area contributed by atoms with Gasteiger partial charge in [0.1, 0.15) is 5.03 Å². The zero-order valence-corrected chi connectivity index (χ0v) is 13.2. The highest BCUT2D eigenvalue weighted by atomic mass is 35.5. The van der Waals surface area contributed by atoms with Gasteiger partial charge >= 0.3 is 0 Å². The van der Waals surface area contributed by atoms with E-state index < -0.39 is 11.8 Å². The molecule has 0 saturated carbocycles. The summed E-state index contributed by atoms with van der Waals surface area (Å²) < 4.78 is 0. The van der Waals surface area contributed by atoms with Crippen molar-refractivity contribution in [3.8, 4) is 0 Å². The number of nitrogens with zero attached hydrogens (tertiary/aromatic N) is 1. The largest absolute Gasteiger partial charge is 0.277 e. The fraction of sp³-hybridized carbons (Fsp3) is 0.0588. The summed E-state index contributed by atoms with van der Waals surface area (Å²) in [6, 6.07) is 13.9. The zero-order chi connectivity index (χ0) is 15.9. The summed E-state index contributed by atoms with van der Waals surface area (Å²) in [7, 11) is 0. The van der Waals surface area contributed by atoms with Gasteiger partial charge in [0, 0.05) is 0 Å². The molecule has 1 aliphatic heterocycles. The number of aryl methyl sites for hydroxylation is 1. The first kappa shape index (κ1) is 14.8. The maximum atomic E-state index is 12.7. The average Bonchev–Trinajstić information content (AvgIpc) is 2.72. The Bertz CT molecular complexity index is 810. The molecule has 0 spiro atoms. The summed E-state index contributed by atoms with van der Waals surface area (Å²) in [6.45, 7) is 1.94. The fourth-order valence-corrected chi connectivity index (χ4v) is 2.82. The van der Waals surface area contributed by atoms with Gasteiger partial charge < -0.3 is 0 Å². The third-order valence-electron chi connectivity index (χ3n) is 3.46. The van der Waals surface area contributed by atoms with E-state index in [-0.39, 0.29) is 10.6 Å². The molecule has 1 heterocycles. The lowest BCUT2D eigenvalue weighted by Crippen LogP contribution is -2.31. The first-order chi connectivity index (χ1) is 10.5. The molecule has 0 atom stereocenters. The number of anilines is 1. The number of hydrogen-bond donors (Lipinski definition) is 0. The van der Waals surface area contributed by atoms with Crippen molar-refractivity contribution in [2.75, 3.05) is 4.90 Å². The number of carbonyl (C=O) groups is 2. The molecule has 0 fully saturated rings. The molecule has 22 heavy (non-hydrogen) atoms. The Hall–Kier alpha value is -2.10. The van der Waals surface area contributed by atoms with Crippen molar-refractivity contribution in [2.45, 2.75) is 6.92 Å². The Balaban J connectivity index is 2.08. The van der Waals surface area contributed by atoms with Crippen LogP contribution in [0.25, 0.3) is 5.57 Å². The predicted molar refractivity (Wildman–Crippen MR) is 87.9 cm³/mol. The van der Waals surface area contributed by atoms with Gasteiger partial charge in [-0.2, -0.15) is 0 Å². The minimum Gasteiger partial charge on any atom is -0.268 e. The number of amides is 2. The molecular formula is C17H11Cl2NO2. The van der Waals surface area contributed by atoms with E-state index in [4.69, 9.17) is 23.2 Å². The van der Waals surface area contributed by atoms with Gasteiger partial charge in [-0.25, -0.2) is 4.90 Å². The second kappa shape index (κ2) is 5.59. The van der Waals surface area contributed by atoms with Gasteiger partial charge in [0.25, 0.3) is 11.8 Å². The van der Waals surface area contributed by atoms with Gasteiger partial charge in [-0.15, -0.1) is 0 Å². The molecule has 0 unspecified atom stereocenters. The monoisotopic (exact) mass is 331 g/mol. The predicted octanol–water partition coefficient (Wildman–Crippen LogP) is 4.17. The molecule has 3 nitrogen and oxygen atoms in total. The lowest BCUT2D eigenvalue weighted by molar-refractivity contribution is -0.119. The summed E-state index contributed by atoms with van der Waals surface area (Å²) in [6.07, 6.45) is 0. The van der Waals surface area contributed by atoms with Crippen LogP contribution in [0.4, 0.5) is 5.69 Å². The van der Waals surface area contributed by atoms with Crippen LogP contribution < -0.4 is 4.90 Å². The van der Waals surface area contributed by atoms with Gasteiger partial charge in [0.05, 0.1) is 16.3 Å². The van der Waals surface area contributed by atoms with Crippen LogP contribution in [0, 0.1) is 6.92 Å². The van der Waals surface area contributed by atoms with Crippen molar-refractivity contribution in [2.24, 2.45) is 0 Å². The molecule has 2 aromatic rings. The minimum absolute atomic E-state index is 0.0891. The molecule has 0 aliphatic carbocycles. The number of benzene rings is 2. The third kappa shape index (κ3) is 2.32. The second-order valence-electron chi connectivity index (χ2n) is 4.95. The summed E-state index contributed by atoms with van der Waals surface area (Å²) in [5.74, 6) is -1.03. The van der Waals surface area contributed by atoms with E-state index in [1.54, 1.807) is 36.4 Å². The molecule has 5 heteroatoms. The molecule has 0 N–H and O–H groups in total. The Morgan fingerprint density at radius 3 is 2.14 bits per heavy atom. The number of carbonyl (C=O) groups excluding carboxylic acids is 2. The maximum Gasteiger partial charge on any atom is 0.277 e. The van der Waals surface area contributed by atoms with Gasteiger partial charge in [0.15, 0.2) is 0 Å². The van der Waals surface area contributed by atoms with Crippen LogP contribution in [0.3, 0.4) is 0 Å². The van der Waals surface area contributed by atoms with E-state index in [1.807, 2.05) is 19.1 Å². The van der Waals surface area contributed by atoms with E-state index in [0.29, 0.717) is 16.3 Å². The Labute approximate surface area is 137 Å². The zero-order valence-electron chi connectivity index (χ0n) is 11.6. The van der Waals surface area contributed by atoms with E-state index in [1.165, 1.54) is 0 Å². The Morgan fingerprint density at radius 1 is 0.864 bits per heavy atom. The molecule has 0 bridgehead atoms. The Morgan fingerprint density at radius 2 is 1.50 bits per heavy atom. The topological polar surface area (TPSA) is 37.4 Å². The van der Waals surface area contributed by atoms with Crippen molar-refractivity contribution in [3.05, 3.63) is 69.7 Å². The van der Waals surface area contributed by atoms with Crippen LogP contribution in [0.15, 0.2) is 53.6 Å². The van der Waals surface area contributed by atoms with Crippen LogP contribution in [0.1, 0.15) is 11.1 Å². The second-order valence-corrected chi connectivity index (χ2v) is 5.74. The van der Waals surface area contributed by atoms with Gasteiger partial charge in [-0.05, 0) is 24.6 Å². The molecule has 2 amide bonds. The van der Waals surface area contributed by atoms with E-state index >= 15 is 0 Å². The summed E-state index contributed by atoms with van der Waals surface area (Å²) in [5.41, 5.74) is 2.20. The van der Waals surface area contributed by atoms with E-state index in [9.17, 15) is 9.59 Å². The number of halogens is 2. The van der Waals surface area contributed by atoms with Crippen LogP contribution in [-0.4, -0.2) is 11.8 Å². The van der Waals surface area contributed by atoms with Crippen molar-refractivity contribution in [1.29, 1.82) is 0 Å². The van der Waals surface area contributed by atoms with Crippen LogP contribution in [0.2, 0.25) is 5.02 Å². The highest BCUT2D eigenvalue weighted by Crippen LogP contribution is 2.37. The van der Waals surface area contributed by atoms with Gasteiger partial charge in [-0.3, -0.25) is 9.59 Å². The summed E-state index contributed by atoms with van der Waals surface area (Å²) >= 11 is 12.2. The SMILES string of the molecule is Cc1ccc(C2=C(Cl)C(=O)N(c3ccccc3Cl)C2=O)cc1. The number of imide groups is 1. The van der Waals surface area contributed by atoms with Crippen LogP contribution in [0.5, 0.6) is 0 Å². The summed E-state index contributed by atoms with van der Waals surface area (Å²) in [5, 5.41) is 0.229. The quantitative estimate of drug-likeness (QED) is 0.774. The molecule has 3 rings (SSSR count). The first-order valence-corrected chi connectivity index (χ1v) is 7.36. The minimum atomic E-state index is -0.560. The van der Waals surface area contributed by atoms with Crippen LogP contribution >= 0.6 is 23.2 Å². The van der Waals surface area contributed by atoms with Crippen molar-refractivity contribution in [1.82, 2.24) is 0 Å². The van der Waals surface area contributed by atoms with Crippen molar-refractivity contribution < 1.29 is 9.59 Å². The maximum absolute atomic E-state index is 12.7. The molecule has 0 radical (unpaired) electrons. The molecular weight excluding hydrogens is 321 g/mol. The highest BCUT2D eigenvalue weighted by molar-refractivity contribution is 6.60. The van der Waals surface area contributed by atoms with Gasteiger partial charge in [-0.1, -0.05) is 65.2 Å². The molecule has 2 aromatic carbocycles. The first-order valence-electron chi connectivity index (χ1n) is 6.61. The normalized spacial score (nSPS) is 15.0. The average molecular weight is 332 g/mol. The van der Waals surface area contributed by atoms with Crippen molar-refractivity contribution in [3.63, 3.8) is 0 Å². The number of hydrogen-bond acceptors (Lipinski definition) is 2. The third-order valence-corrected chi connectivity index (χ3v) is 4.13. The molecule has 0 saturated heterocycles. The van der Waals surface area contributed by atoms with Crippen molar-refractivity contribution >= 4 is 46.3 Å². The lowest BCUT2D eigenvalue weighted by atomic mass is 10.0. The highest BCUT2D eigenvalue weighted by Gasteiger charge is 2.39. The van der Waals surface area contributed by atoms with E-state index in [2.05, 4.69) is 0 Å². The van der Waals surface area contributed by atoms with Gasteiger partial charge in [0.2, 0.25) is 0 Å². The van der Waals surface area contributed by atoms with Crippen LogP contribution in [-0.2, 0) is 9.59 Å².